The standard InChI is InChI=1S/C18H22FN3OS/c1-12-9-22(10-13(2)20-12)18(23)8-16-11-24-17(21-16)7-14-3-5-15(19)6-4-14/h3-6,11-13,20H,7-10H2,1-2H3/t12-,13-/m1/s1. The molecule has 1 amide bonds. The fourth-order valence-corrected chi connectivity index (χ4v) is 3.91. The number of amides is 1. The van der Waals surface area contributed by atoms with Crippen LogP contribution in [0.2, 0.25) is 0 Å². The number of thiazole rings is 1. The molecule has 1 fully saturated rings. The van der Waals surface area contributed by atoms with Gasteiger partial charge in [-0.2, -0.15) is 0 Å². The predicted molar refractivity (Wildman–Crippen MR) is 93.7 cm³/mol. The molecule has 1 aromatic carbocycles. The summed E-state index contributed by atoms with van der Waals surface area (Å²) in [5.41, 5.74) is 1.84. The molecule has 4 nitrogen and oxygen atoms in total. The normalized spacial score (nSPS) is 21.0. The van der Waals surface area contributed by atoms with Crippen molar-refractivity contribution in [3.8, 4) is 0 Å². The number of carbonyl (C=O) groups excluding carboxylic acids is 1. The van der Waals surface area contributed by atoms with Crippen LogP contribution >= 0.6 is 11.3 Å². The number of carbonyl (C=O) groups is 1. The van der Waals surface area contributed by atoms with Gasteiger partial charge in [-0.1, -0.05) is 12.1 Å². The summed E-state index contributed by atoms with van der Waals surface area (Å²) in [5.74, 6) is -0.0996. The number of benzene rings is 1. The predicted octanol–water partition coefficient (Wildman–Crippen LogP) is 2.62. The van der Waals surface area contributed by atoms with Gasteiger partial charge < -0.3 is 10.2 Å². The average molecular weight is 347 g/mol. The van der Waals surface area contributed by atoms with Gasteiger partial charge in [0, 0.05) is 37.0 Å². The Balaban J connectivity index is 1.59. The Kier molecular flexibility index (Phi) is 5.26. The Morgan fingerprint density at radius 3 is 2.62 bits per heavy atom. The minimum atomic E-state index is -0.233. The Morgan fingerprint density at radius 1 is 1.29 bits per heavy atom. The number of piperazine rings is 1. The van der Waals surface area contributed by atoms with Crippen molar-refractivity contribution >= 4 is 17.2 Å². The van der Waals surface area contributed by atoms with Crippen molar-refractivity contribution in [1.82, 2.24) is 15.2 Å². The highest BCUT2D eigenvalue weighted by Crippen LogP contribution is 2.17. The van der Waals surface area contributed by atoms with Crippen molar-refractivity contribution in [2.45, 2.75) is 38.8 Å². The van der Waals surface area contributed by atoms with E-state index < -0.39 is 0 Å². The van der Waals surface area contributed by atoms with Crippen LogP contribution in [-0.4, -0.2) is 41.0 Å². The minimum absolute atomic E-state index is 0.133. The zero-order valence-electron chi connectivity index (χ0n) is 14.0. The molecule has 2 atom stereocenters. The van der Waals surface area contributed by atoms with Crippen LogP contribution in [-0.2, 0) is 17.6 Å². The summed E-state index contributed by atoms with van der Waals surface area (Å²) in [6.07, 6.45) is 1.01. The Labute approximate surface area is 145 Å². The summed E-state index contributed by atoms with van der Waals surface area (Å²) in [5, 5.41) is 6.33. The molecule has 2 heterocycles. The zero-order chi connectivity index (χ0) is 17.1. The van der Waals surface area contributed by atoms with Gasteiger partial charge in [0.1, 0.15) is 5.82 Å². The lowest BCUT2D eigenvalue weighted by Gasteiger charge is -2.36. The summed E-state index contributed by atoms with van der Waals surface area (Å²) in [6.45, 7) is 5.69. The van der Waals surface area contributed by atoms with Crippen molar-refractivity contribution in [3.05, 3.63) is 51.7 Å². The van der Waals surface area contributed by atoms with Crippen molar-refractivity contribution in [2.75, 3.05) is 13.1 Å². The largest absolute Gasteiger partial charge is 0.339 e. The minimum Gasteiger partial charge on any atom is -0.339 e. The fourth-order valence-electron chi connectivity index (χ4n) is 3.09. The molecule has 128 valence electrons. The van der Waals surface area contributed by atoms with E-state index >= 15 is 0 Å². The molecule has 2 aromatic rings. The van der Waals surface area contributed by atoms with Crippen LogP contribution in [0.3, 0.4) is 0 Å². The first-order chi connectivity index (χ1) is 11.5. The van der Waals surface area contributed by atoms with Gasteiger partial charge in [0.05, 0.1) is 17.1 Å². The molecular weight excluding hydrogens is 325 g/mol. The van der Waals surface area contributed by atoms with E-state index in [2.05, 4.69) is 24.1 Å². The molecule has 1 aromatic heterocycles. The van der Waals surface area contributed by atoms with Gasteiger partial charge >= 0.3 is 0 Å². The van der Waals surface area contributed by atoms with Crippen molar-refractivity contribution in [2.24, 2.45) is 0 Å². The van der Waals surface area contributed by atoms with Gasteiger partial charge in [0.2, 0.25) is 5.91 Å². The quantitative estimate of drug-likeness (QED) is 0.925. The van der Waals surface area contributed by atoms with Gasteiger partial charge in [-0.05, 0) is 31.5 Å². The fraction of sp³-hybridized carbons (Fsp3) is 0.444. The number of aromatic nitrogens is 1. The van der Waals surface area contributed by atoms with E-state index in [0.29, 0.717) is 24.9 Å². The highest BCUT2D eigenvalue weighted by atomic mass is 32.1. The third-order valence-corrected chi connectivity index (χ3v) is 5.01. The van der Waals surface area contributed by atoms with E-state index in [1.807, 2.05) is 10.3 Å². The molecule has 24 heavy (non-hydrogen) atoms. The first-order valence-corrected chi connectivity index (χ1v) is 9.09. The van der Waals surface area contributed by atoms with Crippen LogP contribution in [0.1, 0.15) is 30.1 Å². The Morgan fingerprint density at radius 2 is 1.96 bits per heavy atom. The maximum Gasteiger partial charge on any atom is 0.228 e. The Bertz CT molecular complexity index is 691. The smallest absolute Gasteiger partial charge is 0.228 e. The molecule has 6 heteroatoms. The summed E-state index contributed by atoms with van der Waals surface area (Å²) in [4.78, 5) is 19.0. The number of rotatable bonds is 4. The molecule has 0 unspecified atom stereocenters. The van der Waals surface area contributed by atoms with Gasteiger partial charge in [0.15, 0.2) is 0 Å². The van der Waals surface area contributed by atoms with Crippen LogP contribution < -0.4 is 5.32 Å². The number of hydrogen-bond acceptors (Lipinski definition) is 4. The third-order valence-electron chi connectivity index (χ3n) is 4.11. The first kappa shape index (κ1) is 17.0. The van der Waals surface area contributed by atoms with Gasteiger partial charge in [-0.25, -0.2) is 9.37 Å². The molecule has 0 spiro atoms. The SMILES string of the molecule is C[C@@H]1CN(C(=O)Cc2csc(Cc3ccc(F)cc3)n2)C[C@@H](C)N1. The lowest BCUT2D eigenvalue weighted by molar-refractivity contribution is -0.132. The third kappa shape index (κ3) is 4.39. The van der Waals surface area contributed by atoms with E-state index in [1.54, 1.807) is 23.5 Å². The molecule has 1 saturated heterocycles. The molecule has 0 radical (unpaired) electrons. The molecule has 1 N–H and O–H groups in total. The van der Waals surface area contributed by atoms with E-state index in [1.165, 1.54) is 12.1 Å². The number of halogens is 1. The molecular formula is C18H22FN3OS. The molecule has 0 saturated carbocycles. The lowest BCUT2D eigenvalue weighted by atomic mass is 10.1. The monoisotopic (exact) mass is 347 g/mol. The van der Waals surface area contributed by atoms with Gasteiger partial charge in [-0.15, -0.1) is 11.3 Å². The zero-order valence-corrected chi connectivity index (χ0v) is 14.8. The van der Waals surface area contributed by atoms with Crippen LogP contribution in [0.25, 0.3) is 0 Å². The van der Waals surface area contributed by atoms with E-state index in [-0.39, 0.29) is 11.7 Å². The van der Waals surface area contributed by atoms with Crippen LogP contribution in [0.4, 0.5) is 4.39 Å². The second-order valence-electron chi connectivity index (χ2n) is 6.48. The number of hydrogen-bond donors (Lipinski definition) is 1. The van der Waals surface area contributed by atoms with Crippen LogP contribution in [0, 0.1) is 5.82 Å². The topological polar surface area (TPSA) is 45.2 Å². The Hall–Kier alpha value is -1.79. The summed E-state index contributed by atoms with van der Waals surface area (Å²) in [7, 11) is 0. The second kappa shape index (κ2) is 7.40. The van der Waals surface area contributed by atoms with E-state index in [0.717, 1.165) is 29.4 Å². The molecule has 0 bridgehead atoms. The van der Waals surface area contributed by atoms with E-state index in [9.17, 15) is 9.18 Å². The maximum atomic E-state index is 12.9. The number of nitrogens with one attached hydrogen (secondary N) is 1. The van der Waals surface area contributed by atoms with Crippen LogP contribution in [0.15, 0.2) is 29.6 Å². The first-order valence-electron chi connectivity index (χ1n) is 8.21. The van der Waals surface area contributed by atoms with Crippen molar-refractivity contribution in [3.63, 3.8) is 0 Å². The highest BCUT2D eigenvalue weighted by Gasteiger charge is 2.25. The molecule has 1 aliphatic rings. The lowest BCUT2D eigenvalue weighted by Crippen LogP contribution is -2.56. The summed E-state index contributed by atoms with van der Waals surface area (Å²) < 4.78 is 12.9. The maximum absolute atomic E-state index is 12.9. The van der Waals surface area contributed by atoms with Crippen molar-refractivity contribution < 1.29 is 9.18 Å². The van der Waals surface area contributed by atoms with Gasteiger partial charge in [-0.3, -0.25) is 4.79 Å². The molecule has 3 rings (SSSR count). The average Bonchev–Trinajstić information content (AvgIpc) is 2.95. The van der Waals surface area contributed by atoms with Gasteiger partial charge in [0.25, 0.3) is 0 Å². The molecule has 0 aliphatic carbocycles. The molecule has 1 aliphatic heterocycles. The summed E-state index contributed by atoms with van der Waals surface area (Å²) in [6, 6.07) is 7.10. The van der Waals surface area contributed by atoms with E-state index in [4.69, 9.17) is 0 Å². The second-order valence-corrected chi connectivity index (χ2v) is 7.42. The highest BCUT2D eigenvalue weighted by molar-refractivity contribution is 7.09. The summed E-state index contributed by atoms with van der Waals surface area (Å²) >= 11 is 1.55. The van der Waals surface area contributed by atoms with Crippen molar-refractivity contribution in [1.29, 1.82) is 0 Å². The van der Waals surface area contributed by atoms with Crippen LogP contribution in [0.5, 0.6) is 0 Å². The number of nitrogens with zero attached hydrogens (tertiary/aromatic N) is 2.